The van der Waals surface area contributed by atoms with Crippen LogP contribution in [0.3, 0.4) is 0 Å². The Kier molecular flexibility index (Phi) is 4.57. The van der Waals surface area contributed by atoms with Crippen LogP contribution in [-0.2, 0) is 9.53 Å². The largest absolute Gasteiger partial charge is 0.469 e. The monoisotopic (exact) mass is 270 g/mol. The minimum absolute atomic E-state index is 0.114. The number of ether oxygens (including phenoxy) is 1. The molecule has 0 aromatic carbocycles. The first-order valence-corrected chi connectivity index (χ1v) is 7.10. The third kappa shape index (κ3) is 3.22. The van der Waals surface area contributed by atoms with E-state index in [1.807, 2.05) is 11.6 Å². The summed E-state index contributed by atoms with van der Waals surface area (Å²) in [7, 11) is 1.41. The van der Waals surface area contributed by atoms with Crippen LogP contribution in [0.5, 0.6) is 0 Å². The lowest BCUT2D eigenvalue weighted by atomic mass is 10.3. The van der Waals surface area contributed by atoms with E-state index in [-0.39, 0.29) is 11.2 Å². The van der Waals surface area contributed by atoms with Crippen molar-refractivity contribution < 1.29 is 9.53 Å². The summed E-state index contributed by atoms with van der Waals surface area (Å²) in [4.78, 5) is 11.2. The molecule has 1 aromatic heterocycles. The molecule has 1 atom stereocenters. The summed E-state index contributed by atoms with van der Waals surface area (Å²) in [5, 5.41) is 12.8. The Balaban J connectivity index is 1.96. The van der Waals surface area contributed by atoms with Crippen LogP contribution in [0.4, 0.5) is 0 Å². The first-order valence-electron chi connectivity index (χ1n) is 6.22. The minimum atomic E-state index is -0.199. The van der Waals surface area contributed by atoms with Crippen molar-refractivity contribution in [2.75, 3.05) is 7.11 Å². The maximum Gasteiger partial charge on any atom is 0.306 e. The van der Waals surface area contributed by atoms with Crippen molar-refractivity contribution in [3.05, 3.63) is 0 Å². The summed E-state index contributed by atoms with van der Waals surface area (Å²) >= 11 is 1.53. The van der Waals surface area contributed by atoms with Gasteiger partial charge in [-0.2, -0.15) is 0 Å². The molecule has 1 unspecified atom stereocenters. The van der Waals surface area contributed by atoms with Crippen LogP contribution >= 0.6 is 11.8 Å². The zero-order valence-electron chi connectivity index (χ0n) is 10.7. The third-order valence-electron chi connectivity index (χ3n) is 3.12. The Morgan fingerprint density at radius 2 is 2.28 bits per heavy atom. The molecular formula is C11H18N4O2S. The molecule has 100 valence electrons. The molecule has 0 spiro atoms. The molecule has 1 aromatic rings. The number of esters is 1. The minimum Gasteiger partial charge on any atom is -0.469 e. The molecule has 0 amide bonds. The molecule has 1 heterocycles. The lowest BCUT2D eigenvalue weighted by molar-refractivity contribution is -0.140. The van der Waals surface area contributed by atoms with Gasteiger partial charge in [0.25, 0.3) is 0 Å². The third-order valence-corrected chi connectivity index (χ3v) is 4.17. The molecule has 1 fully saturated rings. The van der Waals surface area contributed by atoms with Crippen LogP contribution in [0.25, 0.3) is 0 Å². The number of carbonyl (C=O) groups is 1. The van der Waals surface area contributed by atoms with Crippen molar-refractivity contribution in [3.8, 4) is 0 Å². The van der Waals surface area contributed by atoms with Crippen LogP contribution in [0.15, 0.2) is 5.16 Å². The summed E-state index contributed by atoms with van der Waals surface area (Å²) in [6, 6.07) is 0.424. The molecule has 0 aliphatic heterocycles. The number of aromatic nitrogens is 4. The quantitative estimate of drug-likeness (QED) is 0.600. The van der Waals surface area contributed by atoms with E-state index in [0.717, 1.165) is 18.0 Å². The highest BCUT2D eigenvalue weighted by atomic mass is 32.2. The Morgan fingerprint density at radius 3 is 2.94 bits per heavy atom. The average Bonchev–Trinajstić information content (AvgIpc) is 2.98. The predicted octanol–water partition coefficient (Wildman–Crippen LogP) is 1.83. The molecule has 0 saturated heterocycles. The highest BCUT2D eigenvalue weighted by Crippen LogP contribution is 2.32. The standard InChI is InChI=1S/C11H18N4O2S/c1-8(7-10(16)17-2)18-11-12-13-14-15(11)9-5-3-4-6-9/h8-9H,3-7H2,1-2H3. The van der Waals surface area contributed by atoms with Gasteiger partial charge in [-0.05, 0) is 23.3 Å². The van der Waals surface area contributed by atoms with Crippen LogP contribution in [0.2, 0.25) is 0 Å². The Bertz CT molecular complexity index is 404. The van der Waals surface area contributed by atoms with Gasteiger partial charge in [-0.3, -0.25) is 4.79 Å². The maximum absolute atomic E-state index is 11.2. The van der Waals surface area contributed by atoms with Gasteiger partial charge in [0, 0.05) is 5.25 Å². The van der Waals surface area contributed by atoms with Crippen LogP contribution < -0.4 is 0 Å². The zero-order chi connectivity index (χ0) is 13.0. The number of methoxy groups -OCH3 is 1. The average molecular weight is 270 g/mol. The molecule has 7 heteroatoms. The molecule has 1 aliphatic rings. The fourth-order valence-corrected chi connectivity index (χ4v) is 3.14. The van der Waals surface area contributed by atoms with Crippen molar-refractivity contribution in [2.45, 2.75) is 55.5 Å². The van der Waals surface area contributed by atoms with Crippen LogP contribution in [0, 0.1) is 0 Å². The smallest absolute Gasteiger partial charge is 0.306 e. The van der Waals surface area contributed by atoms with Crippen molar-refractivity contribution in [2.24, 2.45) is 0 Å². The molecule has 1 aliphatic carbocycles. The second-order valence-corrected chi connectivity index (χ2v) is 5.96. The number of hydrogen-bond donors (Lipinski definition) is 0. The molecule has 6 nitrogen and oxygen atoms in total. The zero-order valence-corrected chi connectivity index (χ0v) is 11.5. The first kappa shape index (κ1) is 13.3. The van der Waals surface area contributed by atoms with Gasteiger partial charge < -0.3 is 4.74 Å². The topological polar surface area (TPSA) is 69.9 Å². The summed E-state index contributed by atoms with van der Waals surface area (Å²) < 4.78 is 6.57. The Hall–Kier alpha value is -1.11. The number of rotatable bonds is 5. The van der Waals surface area contributed by atoms with Gasteiger partial charge in [0.1, 0.15) is 0 Å². The lowest BCUT2D eigenvalue weighted by Gasteiger charge is -2.13. The van der Waals surface area contributed by atoms with Crippen molar-refractivity contribution in [1.82, 2.24) is 20.2 Å². The molecule has 18 heavy (non-hydrogen) atoms. The predicted molar refractivity (Wildman–Crippen MR) is 67.3 cm³/mol. The van der Waals surface area contributed by atoms with Gasteiger partial charge in [0.15, 0.2) is 0 Å². The van der Waals surface area contributed by atoms with E-state index < -0.39 is 0 Å². The van der Waals surface area contributed by atoms with Crippen LogP contribution in [0.1, 0.15) is 45.1 Å². The maximum atomic E-state index is 11.2. The molecular weight excluding hydrogens is 252 g/mol. The van der Waals surface area contributed by atoms with Crippen molar-refractivity contribution >= 4 is 17.7 Å². The first-order chi connectivity index (χ1) is 8.70. The van der Waals surface area contributed by atoms with E-state index >= 15 is 0 Å². The highest BCUT2D eigenvalue weighted by molar-refractivity contribution is 7.99. The number of carbonyl (C=O) groups excluding carboxylic acids is 1. The van der Waals surface area contributed by atoms with E-state index in [4.69, 9.17) is 0 Å². The highest BCUT2D eigenvalue weighted by Gasteiger charge is 2.23. The summed E-state index contributed by atoms with van der Waals surface area (Å²) in [6.07, 6.45) is 5.14. The summed E-state index contributed by atoms with van der Waals surface area (Å²) in [5.41, 5.74) is 0. The van der Waals surface area contributed by atoms with Gasteiger partial charge in [-0.1, -0.05) is 31.5 Å². The fraction of sp³-hybridized carbons (Fsp3) is 0.818. The van der Waals surface area contributed by atoms with Gasteiger partial charge in [0.2, 0.25) is 5.16 Å². The number of tetrazole rings is 1. The Labute approximate surface area is 110 Å². The SMILES string of the molecule is COC(=O)CC(C)Sc1nnnn1C1CCCC1. The second kappa shape index (κ2) is 6.17. The van der Waals surface area contributed by atoms with E-state index in [1.54, 1.807) is 0 Å². The van der Waals surface area contributed by atoms with E-state index in [9.17, 15) is 4.79 Å². The lowest BCUT2D eigenvalue weighted by Crippen LogP contribution is -2.12. The van der Waals surface area contributed by atoms with Crippen molar-refractivity contribution in [3.63, 3.8) is 0 Å². The molecule has 0 radical (unpaired) electrons. The van der Waals surface area contributed by atoms with Gasteiger partial charge in [0.05, 0.1) is 19.6 Å². The number of thioether (sulfide) groups is 1. The molecule has 0 bridgehead atoms. The van der Waals surface area contributed by atoms with Gasteiger partial charge in [-0.25, -0.2) is 4.68 Å². The van der Waals surface area contributed by atoms with E-state index in [0.29, 0.717) is 12.5 Å². The molecule has 1 saturated carbocycles. The normalized spacial score (nSPS) is 17.9. The van der Waals surface area contributed by atoms with Crippen LogP contribution in [-0.4, -0.2) is 38.5 Å². The van der Waals surface area contributed by atoms with Gasteiger partial charge in [-0.15, -0.1) is 5.10 Å². The molecule has 2 rings (SSSR count). The fourth-order valence-electron chi connectivity index (χ4n) is 2.18. The summed E-state index contributed by atoms with van der Waals surface area (Å²) in [5.74, 6) is -0.199. The summed E-state index contributed by atoms with van der Waals surface area (Å²) in [6.45, 7) is 1.98. The number of hydrogen-bond acceptors (Lipinski definition) is 6. The second-order valence-electron chi connectivity index (χ2n) is 4.55. The van der Waals surface area contributed by atoms with E-state index in [1.165, 1.54) is 31.7 Å². The van der Waals surface area contributed by atoms with Gasteiger partial charge >= 0.3 is 5.97 Å². The number of nitrogens with zero attached hydrogens (tertiary/aromatic N) is 4. The molecule has 0 N–H and O–H groups in total. The Morgan fingerprint density at radius 1 is 1.56 bits per heavy atom. The van der Waals surface area contributed by atoms with E-state index in [2.05, 4.69) is 20.3 Å². The van der Waals surface area contributed by atoms with Crippen molar-refractivity contribution in [1.29, 1.82) is 0 Å².